The predicted molar refractivity (Wildman–Crippen MR) is 159 cm³/mol. The van der Waals surface area contributed by atoms with Crippen LogP contribution in [0.2, 0.25) is 5.02 Å². The molecule has 2 heterocycles. The molecule has 8 nitrogen and oxygen atoms in total. The second kappa shape index (κ2) is 13.7. The molecule has 1 saturated heterocycles. The average Bonchev–Trinajstić information content (AvgIpc) is 3.30. The standard InChI is InChI=1S/C32H36ClN3O5/c1-3-38-32(37)13-7-23-6-10-26(19-30(23)40-20-22-4-8-24(33)9-5-22)39-21-31-35-28-12-11-27(18-29(28)36(31)2)41-25-14-16-34-17-15-25/h4-6,8-12,18-19,25,34H,3,7,13-17,20-21H2,1-2H3. The maximum atomic E-state index is 12.0. The van der Waals surface area contributed by atoms with E-state index in [1.165, 1.54) is 0 Å². The first-order valence-corrected chi connectivity index (χ1v) is 14.5. The number of nitrogens with one attached hydrogen (secondary N) is 1. The van der Waals surface area contributed by atoms with Crippen LogP contribution in [0.25, 0.3) is 11.0 Å². The minimum atomic E-state index is -0.234. The first-order valence-electron chi connectivity index (χ1n) is 14.1. The lowest BCUT2D eigenvalue weighted by molar-refractivity contribution is -0.143. The Morgan fingerprint density at radius 2 is 1.78 bits per heavy atom. The van der Waals surface area contributed by atoms with Crippen LogP contribution in [-0.2, 0) is 36.2 Å². The second-order valence-electron chi connectivity index (χ2n) is 10.1. The van der Waals surface area contributed by atoms with Gasteiger partial charge in [-0.2, -0.15) is 0 Å². The summed E-state index contributed by atoms with van der Waals surface area (Å²) in [5.41, 5.74) is 3.78. The molecule has 1 aliphatic rings. The van der Waals surface area contributed by atoms with Crippen LogP contribution in [0.5, 0.6) is 17.2 Å². The quantitative estimate of drug-likeness (QED) is 0.206. The van der Waals surface area contributed by atoms with E-state index in [0.29, 0.717) is 36.2 Å². The normalized spacial score (nSPS) is 13.7. The highest BCUT2D eigenvalue weighted by molar-refractivity contribution is 6.30. The number of ether oxygens (including phenoxy) is 4. The van der Waals surface area contributed by atoms with Crippen molar-refractivity contribution < 1.29 is 23.7 Å². The molecule has 0 spiro atoms. The summed E-state index contributed by atoms with van der Waals surface area (Å²) in [6, 6.07) is 19.2. The second-order valence-corrected chi connectivity index (χ2v) is 10.5. The van der Waals surface area contributed by atoms with Crippen LogP contribution >= 0.6 is 11.6 Å². The van der Waals surface area contributed by atoms with Crippen LogP contribution < -0.4 is 19.5 Å². The maximum Gasteiger partial charge on any atom is 0.306 e. The number of nitrogens with zero attached hydrogens (tertiary/aromatic N) is 2. The van der Waals surface area contributed by atoms with Gasteiger partial charge in [-0.1, -0.05) is 29.8 Å². The first kappa shape index (κ1) is 28.8. The maximum absolute atomic E-state index is 12.0. The SMILES string of the molecule is CCOC(=O)CCc1ccc(OCc2nc3ccc(OC4CCNCC4)cc3n2C)cc1OCc1ccc(Cl)cc1. The minimum Gasteiger partial charge on any atom is -0.490 e. The minimum absolute atomic E-state index is 0.234. The molecule has 3 aromatic carbocycles. The Kier molecular flexibility index (Phi) is 9.64. The molecule has 0 unspecified atom stereocenters. The number of benzene rings is 3. The number of halogens is 1. The highest BCUT2D eigenvalue weighted by Gasteiger charge is 2.16. The Hall–Kier alpha value is -3.75. The third-order valence-electron chi connectivity index (χ3n) is 7.15. The summed E-state index contributed by atoms with van der Waals surface area (Å²) >= 11 is 6.02. The van der Waals surface area contributed by atoms with Crippen molar-refractivity contribution in [3.05, 3.63) is 82.6 Å². The number of carbonyl (C=O) groups excluding carboxylic acids is 1. The number of aromatic nitrogens is 2. The number of imidazole rings is 1. The molecule has 0 amide bonds. The molecular weight excluding hydrogens is 542 g/mol. The molecule has 1 fully saturated rings. The van der Waals surface area contributed by atoms with E-state index >= 15 is 0 Å². The number of carbonyl (C=O) groups is 1. The van der Waals surface area contributed by atoms with Crippen LogP contribution in [0.3, 0.4) is 0 Å². The van der Waals surface area contributed by atoms with E-state index in [9.17, 15) is 4.79 Å². The lowest BCUT2D eigenvalue weighted by Crippen LogP contribution is -2.34. The van der Waals surface area contributed by atoms with Crippen molar-refractivity contribution in [3.8, 4) is 17.2 Å². The molecule has 1 aromatic heterocycles. The smallest absolute Gasteiger partial charge is 0.306 e. The number of hydrogen-bond donors (Lipinski definition) is 1. The molecule has 1 aliphatic heterocycles. The van der Waals surface area contributed by atoms with Gasteiger partial charge in [0.25, 0.3) is 0 Å². The third kappa shape index (κ3) is 7.71. The number of fused-ring (bicyclic) bond motifs is 1. The van der Waals surface area contributed by atoms with Crippen molar-refractivity contribution in [2.24, 2.45) is 7.05 Å². The third-order valence-corrected chi connectivity index (χ3v) is 7.40. The van der Waals surface area contributed by atoms with Gasteiger partial charge in [0.2, 0.25) is 0 Å². The van der Waals surface area contributed by atoms with Crippen LogP contribution in [0.4, 0.5) is 0 Å². The number of piperidine rings is 1. The average molecular weight is 578 g/mol. The number of rotatable bonds is 12. The Bertz CT molecular complexity index is 1460. The summed E-state index contributed by atoms with van der Waals surface area (Å²) in [5.74, 6) is 2.74. The molecule has 0 aliphatic carbocycles. The fraction of sp³-hybridized carbons (Fsp3) is 0.375. The number of hydrogen-bond acceptors (Lipinski definition) is 7. The summed E-state index contributed by atoms with van der Waals surface area (Å²) in [7, 11) is 1.99. The predicted octanol–water partition coefficient (Wildman–Crippen LogP) is 6.01. The lowest BCUT2D eigenvalue weighted by Gasteiger charge is -2.23. The molecule has 5 rings (SSSR count). The lowest BCUT2D eigenvalue weighted by atomic mass is 10.1. The van der Waals surface area contributed by atoms with Gasteiger partial charge >= 0.3 is 5.97 Å². The topological polar surface area (TPSA) is 83.8 Å². The van der Waals surface area contributed by atoms with Crippen LogP contribution in [-0.4, -0.2) is 41.3 Å². The van der Waals surface area contributed by atoms with Gasteiger partial charge in [0.05, 0.1) is 17.6 Å². The monoisotopic (exact) mass is 577 g/mol. The summed E-state index contributed by atoms with van der Waals surface area (Å²) in [6.07, 6.45) is 3.03. The van der Waals surface area contributed by atoms with Crippen molar-refractivity contribution in [2.75, 3.05) is 19.7 Å². The Morgan fingerprint density at radius 1 is 1.00 bits per heavy atom. The van der Waals surface area contributed by atoms with Gasteiger partial charge in [-0.05, 0) is 80.7 Å². The Labute approximate surface area is 245 Å². The molecule has 0 atom stereocenters. The van der Waals surface area contributed by atoms with E-state index in [0.717, 1.165) is 59.7 Å². The molecule has 4 aromatic rings. The van der Waals surface area contributed by atoms with Gasteiger partial charge in [-0.3, -0.25) is 4.79 Å². The van der Waals surface area contributed by atoms with E-state index in [2.05, 4.69) is 11.4 Å². The van der Waals surface area contributed by atoms with Crippen LogP contribution in [0.15, 0.2) is 60.7 Å². The van der Waals surface area contributed by atoms with Crippen molar-refractivity contribution in [1.82, 2.24) is 14.9 Å². The summed E-state index contributed by atoms with van der Waals surface area (Å²) in [4.78, 5) is 16.8. The van der Waals surface area contributed by atoms with Crippen molar-refractivity contribution in [1.29, 1.82) is 0 Å². The number of aryl methyl sites for hydroxylation is 2. The van der Waals surface area contributed by atoms with Crippen molar-refractivity contribution >= 4 is 28.6 Å². The summed E-state index contributed by atoms with van der Waals surface area (Å²) in [6.45, 7) is 4.78. The summed E-state index contributed by atoms with van der Waals surface area (Å²) < 4.78 is 25.7. The fourth-order valence-electron chi connectivity index (χ4n) is 4.85. The Morgan fingerprint density at radius 3 is 2.56 bits per heavy atom. The van der Waals surface area contributed by atoms with E-state index in [1.54, 1.807) is 6.92 Å². The van der Waals surface area contributed by atoms with Gasteiger partial charge in [-0.15, -0.1) is 0 Å². The molecule has 0 radical (unpaired) electrons. The van der Waals surface area contributed by atoms with E-state index in [4.69, 9.17) is 35.5 Å². The molecular formula is C32H36ClN3O5. The molecule has 216 valence electrons. The zero-order valence-corrected chi connectivity index (χ0v) is 24.3. The van der Waals surface area contributed by atoms with Crippen LogP contribution in [0, 0.1) is 0 Å². The van der Waals surface area contributed by atoms with E-state index in [1.807, 2.05) is 66.2 Å². The zero-order valence-electron chi connectivity index (χ0n) is 23.5. The van der Waals surface area contributed by atoms with E-state index < -0.39 is 0 Å². The first-order chi connectivity index (χ1) is 20.0. The van der Waals surface area contributed by atoms with E-state index in [-0.39, 0.29) is 25.1 Å². The van der Waals surface area contributed by atoms with Gasteiger partial charge in [0.15, 0.2) is 0 Å². The molecule has 41 heavy (non-hydrogen) atoms. The molecule has 1 N–H and O–H groups in total. The molecule has 9 heteroatoms. The highest BCUT2D eigenvalue weighted by Crippen LogP contribution is 2.29. The van der Waals surface area contributed by atoms with Gasteiger partial charge in [-0.25, -0.2) is 4.98 Å². The Balaban J connectivity index is 1.28. The fourth-order valence-corrected chi connectivity index (χ4v) is 4.98. The van der Waals surface area contributed by atoms with Gasteiger partial charge < -0.3 is 28.8 Å². The zero-order chi connectivity index (χ0) is 28.6. The largest absolute Gasteiger partial charge is 0.490 e. The molecule has 0 saturated carbocycles. The van der Waals surface area contributed by atoms with Gasteiger partial charge in [0, 0.05) is 30.6 Å². The summed E-state index contributed by atoms with van der Waals surface area (Å²) in [5, 5.41) is 4.04. The van der Waals surface area contributed by atoms with Crippen molar-refractivity contribution in [3.63, 3.8) is 0 Å². The van der Waals surface area contributed by atoms with Crippen molar-refractivity contribution in [2.45, 2.75) is 51.9 Å². The molecule has 0 bridgehead atoms. The number of esters is 1. The highest BCUT2D eigenvalue weighted by atomic mass is 35.5. The van der Waals surface area contributed by atoms with Crippen LogP contribution in [0.1, 0.15) is 43.1 Å². The van der Waals surface area contributed by atoms with Gasteiger partial charge in [0.1, 0.15) is 42.4 Å².